The van der Waals surface area contributed by atoms with Gasteiger partial charge in [0.2, 0.25) is 0 Å². The predicted molar refractivity (Wildman–Crippen MR) is 102 cm³/mol. The molecular weight excluding hydrogens is 330 g/mol. The Labute approximate surface area is 144 Å². The van der Waals surface area contributed by atoms with Crippen LogP contribution in [0.2, 0.25) is 0 Å². The van der Waals surface area contributed by atoms with Crippen molar-refractivity contribution in [2.45, 2.75) is 0 Å². The summed E-state index contributed by atoms with van der Waals surface area (Å²) in [5, 5.41) is 0. The van der Waals surface area contributed by atoms with E-state index < -0.39 is 0 Å². The highest BCUT2D eigenvalue weighted by molar-refractivity contribution is 8.27. The van der Waals surface area contributed by atoms with Gasteiger partial charge in [-0.05, 0) is 18.2 Å². The minimum Gasteiger partial charge on any atom is -0.457 e. The Bertz CT molecular complexity index is 761. The first-order valence-electron chi connectivity index (χ1n) is 6.70. The van der Waals surface area contributed by atoms with E-state index in [-0.39, 0.29) is 0 Å². The highest BCUT2D eigenvalue weighted by Crippen LogP contribution is 2.34. The number of nitrogens with zero attached hydrogens (tertiary/aromatic N) is 1. The van der Waals surface area contributed by atoms with Crippen LogP contribution in [0.3, 0.4) is 0 Å². The molecule has 0 saturated carbocycles. The summed E-state index contributed by atoms with van der Waals surface area (Å²) in [5.74, 6) is 1.61. The lowest BCUT2D eigenvalue weighted by atomic mass is 10.2. The Hall–Kier alpha value is -1.69. The second-order valence-electron chi connectivity index (χ2n) is 4.65. The highest BCUT2D eigenvalue weighted by Gasteiger charge is 2.27. The van der Waals surface area contributed by atoms with Gasteiger partial charge in [-0.2, -0.15) is 0 Å². The maximum absolute atomic E-state index is 5.88. The third-order valence-electron chi connectivity index (χ3n) is 3.14. The van der Waals surface area contributed by atoms with E-state index in [9.17, 15) is 0 Å². The van der Waals surface area contributed by atoms with Crippen molar-refractivity contribution in [3.05, 3.63) is 65.8 Å². The maximum atomic E-state index is 5.88. The van der Waals surface area contributed by atoms with Gasteiger partial charge in [0.15, 0.2) is 0 Å². The molecule has 1 aromatic carbocycles. The summed E-state index contributed by atoms with van der Waals surface area (Å²) < 4.78 is 6.63. The molecule has 22 heavy (non-hydrogen) atoms. The summed E-state index contributed by atoms with van der Waals surface area (Å²) >= 11 is 12.3. The molecule has 2 nitrogen and oxygen atoms in total. The molecule has 0 aliphatic carbocycles. The lowest BCUT2D eigenvalue weighted by Crippen LogP contribution is -2.26. The Balaban J connectivity index is 1.85. The number of thiocarbonyl (C=S) groups is 2. The van der Waals surface area contributed by atoms with Crippen LogP contribution >= 0.6 is 36.2 Å². The Morgan fingerprint density at radius 3 is 2.64 bits per heavy atom. The van der Waals surface area contributed by atoms with E-state index in [1.54, 1.807) is 6.08 Å². The van der Waals surface area contributed by atoms with E-state index >= 15 is 0 Å². The summed E-state index contributed by atoms with van der Waals surface area (Å²) in [4.78, 5) is 3.57. The molecular formula is C17H13NOS3. The molecule has 0 atom stereocenters. The zero-order valence-corrected chi connectivity index (χ0v) is 14.1. The summed E-state index contributed by atoms with van der Waals surface area (Å²) in [6.45, 7) is 4.37. The van der Waals surface area contributed by atoms with Gasteiger partial charge in [0.05, 0.1) is 4.91 Å². The summed E-state index contributed by atoms with van der Waals surface area (Å²) in [5.41, 5.74) is 1.05. The zero-order chi connectivity index (χ0) is 15.5. The minimum atomic E-state index is 0.634. The molecule has 1 aliphatic heterocycles. The predicted octanol–water partition coefficient (Wildman–Crippen LogP) is 5.13. The number of furan rings is 1. The average Bonchev–Trinajstić information content (AvgIpc) is 3.09. The van der Waals surface area contributed by atoms with Crippen LogP contribution in [-0.2, 0) is 0 Å². The van der Waals surface area contributed by atoms with Crippen LogP contribution in [0, 0.1) is 0 Å². The van der Waals surface area contributed by atoms with Gasteiger partial charge >= 0.3 is 0 Å². The van der Waals surface area contributed by atoms with Gasteiger partial charge in [-0.3, -0.25) is 0 Å². The molecule has 0 unspecified atom stereocenters. The smallest absolute Gasteiger partial charge is 0.146 e. The quantitative estimate of drug-likeness (QED) is 0.433. The molecule has 0 spiro atoms. The van der Waals surface area contributed by atoms with Gasteiger partial charge in [0.25, 0.3) is 0 Å². The summed E-state index contributed by atoms with van der Waals surface area (Å²) in [6, 6.07) is 13.9. The van der Waals surface area contributed by atoms with Gasteiger partial charge in [-0.25, -0.2) is 0 Å². The van der Waals surface area contributed by atoms with Crippen LogP contribution in [0.1, 0.15) is 5.76 Å². The lowest BCUT2D eigenvalue weighted by molar-refractivity contribution is 0.571. The SMILES string of the molecule is C=CCN1C(=S)S/C(=C\c2ccc(-c3ccccc3)o2)C1=S. The molecule has 110 valence electrons. The molecule has 0 N–H and O–H groups in total. The van der Waals surface area contributed by atoms with Crippen LogP contribution in [0.5, 0.6) is 0 Å². The van der Waals surface area contributed by atoms with E-state index in [1.807, 2.05) is 53.4 Å². The first-order chi connectivity index (χ1) is 10.7. The van der Waals surface area contributed by atoms with E-state index in [0.717, 1.165) is 31.3 Å². The van der Waals surface area contributed by atoms with E-state index in [0.29, 0.717) is 6.54 Å². The molecule has 1 fully saturated rings. The average molecular weight is 343 g/mol. The third-order valence-corrected chi connectivity index (χ3v) is 5.11. The molecule has 2 aromatic rings. The second kappa shape index (κ2) is 6.60. The van der Waals surface area contributed by atoms with Crippen LogP contribution < -0.4 is 0 Å². The highest BCUT2D eigenvalue weighted by atomic mass is 32.2. The van der Waals surface area contributed by atoms with Crippen molar-refractivity contribution in [2.75, 3.05) is 6.54 Å². The van der Waals surface area contributed by atoms with Crippen LogP contribution in [0.15, 0.2) is 64.4 Å². The van der Waals surface area contributed by atoms with Gasteiger partial charge in [0.1, 0.15) is 20.8 Å². The van der Waals surface area contributed by atoms with Crippen molar-refractivity contribution in [3.63, 3.8) is 0 Å². The number of benzene rings is 1. The molecule has 0 bridgehead atoms. The van der Waals surface area contributed by atoms with Crippen molar-refractivity contribution in [2.24, 2.45) is 0 Å². The fourth-order valence-corrected chi connectivity index (χ4v) is 3.84. The van der Waals surface area contributed by atoms with Crippen molar-refractivity contribution in [3.8, 4) is 11.3 Å². The Morgan fingerprint density at radius 1 is 1.14 bits per heavy atom. The van der Waals surface area contributed by atoms with Crippen LogP contribution in [-0.4, -0.2) is 20.8 Å². The number of hydrogen-bond donors (Lipinski definition) is 0. The number of thioether (sulfide) groups is 1. The molecule has 0 amide bonds. The summed E-state index contributed by atoms with van der Waals surface area (Å²) in [6.07, 6.45) is 3.73. The van der Waals surface area contributed by atoms with E-state index in [1.165, 1.54) is 11.8 Å². The first-order valence-corrected chi connectivity index (χ1v) is 8.34. The van der Waals surface area contributed by atoms with Crippen molar-refractivity contribution < 1.29 is 4.42 Å². The normalized spacial score (nSPS) is 16.5. The molecule has 3 rings (SSSR count). The van der Waals surface area contributed by atoms with E-state index in [2.05, 4.69) is 6.58 Å². The topological polar surface area (TPSA) is 16.4 Å². The molecule has 5 heteroatoms. The Kier molecular flexibility index (Phi) is 4.57. The molecule has 1 aliphatic rings. The Morgan fingerprint density at radius 2 is 1.91 bits per heavy atom. The van der Waals surface area contributed by atoms with Crippen molar-refractivity contribution in [1.29, 1.82) is 0 Å². The minimum absolute atomic E-state index is 0.634. The number of hydrogen-bond acceptors (Lipinski definition) is 4. The van der Waals surface area contributed by atoms with Crippen LogP contribution in [0.4, 0.5) is 0 Å². The number of rotatable bonds is 4. The van der Waals surface area contributed by atoms with Gasteiger partial charge in [0, 0.05) is 12.1 Å². The second-order valence-corrected chi connectivity index (χ2v) is 6.71. The van der Waals surface area contributed by atoms with Gasteiger partial charge in [-0.15, -0.1) is 6.58 Å². The van der Waals surface area contributed by atoms with Crippen LogP contribution in [0.25, 0.3) is 17.4 Å². The molecule has 1 saturated heterocycles. The monoisotopic (exact) mass is 343 g/mol. The van der Waals surface area contributed by atoms with E-state index in [4.69, 9.17) is 28.9 Å². The largest absolute Gasteiger partial charge is 0.457 e. The first kappa shape index (κ1) is 15.2. The summed E-state index contributed by atoms with van der Waals surface area (Å²) in [7, 11) is 0. The maximum Gasteiger partial charge on any atom is 0.146 e. The van der Waals surface area contributed by atoms with Crippen molar-refractivity contribution >= 4 is 51.6 Å². The molecule has 0 radical (unpaired) electrons. The standard InChI is InChI=1S/C17H13NOS3/c1-2-10-18-16(20)15(22-17(18)21)11-13-8-9-14(19-13)12-6-4-3-5-7-12/h2-9,11H,1,10H2/b15-11-. The van der Waals surface area contributed by atoms with Crippen molar-refractivity contribution in [1.82, 2.24) is 4.90 Å². The molecule has 2 heterocycles. The van der Waals surface area contributed by atoms with Gasteiger partial charge in [-0.1, -0.05) is 72.6 Å². The lowest BCUT2D eigenvalue weighted by Gasteiger charge is -2.13. The zero-order valence-electron chi connectivity index (χ0n) is 11.7. The fraction of sp³-hybridized carbons (Fsp3) is 0.0588. The third kappa shape index (κ3) is 3.06. The van der Waals surface area contributed by atoms with Gasteiger partial charge < -0.3 is 9.32 Å². The fourth-order valence-electron chi connectivity index (χ4n) is 2.10. The molecule has 1 aromatic heterocycles.